The van der Waals surface area contributed by atoms with Crippen LogP contribution in [0.4, 0.5) is 5.82 Å². The summed E-state index contributed by atoms with van der Waals surface area (Å²) in [6.45, 7) is 7.76. The lowest BCUT2D eigenvalue weighted by Crippen LogP contribution is -2.03. The lowest BCUT2D eigenvalue weighted by molar-refractivity contribution is 0.632. The molecule has 0 fully saturated rings. The number of rotatable bonds is 7. The van der Waals surface area contributed by atoms with E-state index >= 15 is 0 Å². The van der Waals surface area contributed by atoms with Gasteiger partial charge in [-0.15, -0.1) is 11.3 Å². The van der Waals surface area contributed by atoms with E-state index in [1.807, 2.05) is 0 Å². The molecule has 0 spiro atoms. The fourth-order valence-corrected chi connectivity index (χ4v) is 5.18. The molecule has 0 saturated carbocycles. The average Bonchev–Trinajstić information content (AvgIpc) is 3.22. The molecule has 5 heteroatoms. The minimum Gasteiger partial charge on any atom is -0.369 e. The number of hydrogen-bond donors (Lipinski definition) is 1. The minimum atomic E-state index is 0.634. The van der Waals surface area contributed by atoms with Gasteiger partial charge in [0, 0.05) is 17.6 Å². The third-order valence-electron chi connectivity index (χ3n) is 5.23. The fraction of sp³-hybridized carbons (Fsp3) is 0.571. The normalized spacial score (nSPS) is 13.8. The number of nitrogens with one attached hydrogen (secondary N) is 1. The molecule has 3 heterocycles. The lowest BCUT2D eigenvalue weighted by Gasteiger charge is -2.11. The van der Waals surface area contributed by atoms with Gasteiger partial charge < -0.3 is 5.32 Å². The molecule has 1 N–H and O–H groups in total. The van der Waals surface area contributed by atoms with E-state index in [-0.39, 0.29) is 0 Å². The van der Waals surface area contributed by atoms with Gasteiger partial charge in [0.1, 0.15) is 17.0 Å². The third kappa shape index (κ3) is 3.18. The van der Waals surface area contributed by atoms with Gasteiger partial charge in [-0.05, 0) is 49.1 Å². The number of aryl methyl sites for hydroxylation is 1. The first-order valence-electron chi connectivity index (χ1n) is 10.0. The Kier molecular flexibility index (Phi) is 5.07. The zero-order valence-electron chi connectivity index (χ0n) is 16.1. The van der Waals surface area contributed by atoms with Gasteiger partial charge in [-0.3, -0.25) is 0 Å². The van der Waals surface area contributed by atoms with Crippen LogP contribution in [-0.4, -0.2) is 21.5 Å². The summed E-state index contributed by atoms with van der Waals surface area (Å²) in [5, 5.41) is 4.82. The molecule has 4 nitrogen and oxygen atoms in total. The number of unbranched alkanes of at least 4 members (excludes halogenated alkanes) is 2. The molecule has 0 saturated heterocycles. The predicted octanol–water partition coefficient (Wildman–Crippen LogP) is 5.53. The summed E-state index contributed by atoms with van der Waals surface area (Å²) in [7, 11) is 0. The molecule has 4 rings (SSSR count). The summed E-state index contributed by atoms with van der Waals surface area (Å²) < 4.78 is 1.17. The number of aromatic nitrogens is 3. The summed E-state index contributed by atoms with van der Waals surface area (Å²) in [6.07, 6.45) is 10.0. The van der Waals surface area contributed by atoms with Crippen LogP contribution in [0.1, 0.15) is 63.3 Å². The van der Waals surface area contributed by atoms with Crippen molar-refractivity contribution >= 4 is 37.6 Å². The van der Waals surface area contributed by atoms with Crippen LogP contribution in [0.15, 0.2) is 6.33 Å². The van der Waals surface area contributed by atoms with Crippen LogP contribution in [-0.2, 0) is 19.3 Å². The zero-order valence-corrected chi connectivity index (χ0v) is 16.9. The molecule has 3 aromatic rings. The number of thiophene rings is 1. The molecule has 0 atom stereocenters. The number of pyridine rings is 1. The van der Waals surface area contributed by atoms with Gasteiger partial charge in [0.05, 0.1) is 10.2 Å². The van der Waals surface area contributed by atoms with Gasteiger partial charge in [-0.1, -0.05) is 33.6 Å². The molecule has 0 unspecified atom stereocenters. The summed E-state index contributed by atoms with van der Waals surface area (Å²) in [5.41, 5.74) is 5.42. The molecule has 0 radical (unpaired) electrons. The van der Waals surface area contributed by atoms with Gasteiger partial charge in [0.15, 0.2) is 0 Å². The topological polar surface area (TPSA) is 50.7 Å². The first kappa shape index (κ1) is 17.7. The minimum absolute atomic E-state index is 0.634. The van der Waals surface area contributed by atoms with Crippen molar-refractivity contribution in [1.82, 2.24) is 15.0 Å². The first-order valence-corrected chi connectivity index (χ1v) is 10.8. The largest absolute Gasteiger partial charge is 0.369 e. The molecule has 138 valence electrons. The van der Waals surface area contributed by atoms with Gasteiger partial charge in [-0.2, -0.15) is 0 Å². The smallest absolute Gasteiger partial charge is 0.147 e. The SMILES string of the molecule is CCCCCNc1ncnc2c1sc1nc(CC(C)C)c3c(c12)CCC3. The number of hydrogen-bond acceptors (Lipinski definition) is 5. The second kappa shape index (κ2) is 7.47. The predicted molar refractivity (Wildman–Crippen MR) is 111 cm³/mol. The second-order valence-corrected chi connectivity index (χ2v) is 8.78. The van der Waals surface area contributed by atoms with E-state index in [1.165, 1.54) is 59.0 Å². The van der Waals surface area contributed by atoms with Crippen molar-refractivity contribution in [2.45, 2.75) is 65.7 Å². The molecular weight excluding hydrogens is 340 g/mol. The standard InChI is InChI=1S/C21H28N4S/c1-4-5-6-10-22-20-19-18(23-12-24-20)17-15-9-7-8-14(15)16(11-13(2)3)25-21(17)26-19/h12-13H,4-11H2,1-3H3,(H,22,23,24). The first-order chi connectivity index (χ1) is 12.7. The number of fused-ring (bicyclic) bond motifs is 5. The third-order valence-corrected chi connectivity index (χ3v) is 6.31. The number of anilines is 1. The van der Waals surface area contributed by atoms with Crippen LogP contribution in [0.2, 0.25) is 0 Å². The van der Waals surface area contributed by atoms with Crippen LogP contribution in [0.5, 0.6) is 0 Å². The van der Waals surface area contributed by atoms with Crippen molar-refractivity contribution < 1.29 is 0 Å². The lowest BCUT2D eigenvalue weighted by atomic mass is 9.99. The average molecular weight is 369 g/mol. The Labute approximate surface area is 159 Å². The number of nitrogens with zero attached hydrogens (tertiary/aromatic N) is 3. The molecule has 3 aromatic heterocycles. The highest BCUT2D eigenvalue weighted by Gasteiger charge is 2.24. The molecule has 1 aliphatic carbocycles. The van der Waals surface area contributed by atoms with E-state index in [9.17, 15) is 0 Å². The van der Waals surface area contributed by atoms with Crippen LogP contribution in [0.3, 0.4) is 0 Å². The Balaban J connectivity index is 1.81. The van der Waals surface area contributed by atoms with Crippen molar-refractivity contribution in [2.24, 2.45) is 5.92 Å². The Morgan fingerprint density at radius 3 is 2.81 bits per heavy atom. The van der Waals surface area contributed by atoms with Crippen molar-refractivity contribution in [3.05, 3.63) is 23.1 Å². The van der Waals surface area contributed by atoms with Crippen molar-refractivity contribution in [2.75, 3.05) is 11.9 Å². The van der Waals surface area contributed by atoms with Crippen molar-refractivity contribution in [3.8, 4) is 0 Å². The van der Waals surface area contributed by atoms with Gasteiger partial charge >= 0.3 is 0 Å². The molecule has 1 aliphatic rings. The highest BCUT2D eigenvalue weighted by atomic mass is 32.1. The van der Waals surface area contributed by atoms with Crippen molar-refractivity contribution in [1.29, 1.82) is 0 Å². The zero-order chi connectivity index (χ0) is 18.1. The van der Waals surface area contributed by atoms with Crippen LogP contribution in [0, 0.1) is 5.92 Å². The van der Waals surface area contributed by atoms with Gasteiger partial charge in [0.2, 0.25) is 0 Å². The summed E-state index contributed by atoms with van der Waals surface area (Å²) in [6, 6.07) is 0. The highest BCUT2D eigenvalue weighted by Crippen LogP contribution is 2.41. The molecular formula is C21H28N4S. The maximum absolute atomic E-state index is 5.10. The van der Waals surface area contributed by atoms with Crippen LogP contribution < -0.4 is 5.32 Å². The van der Waals surface area contributed by atoms with E-state index < -0.39 is 0 Å². The van der Waals surface area contributed by atoms with E-state index in [1.54, 1.807) is 17.7 Å². The quantitative estimate of drug-likeness (QED) is 0.557. The van der Waals surface area contributed by atoms with Crippen molar-refractivity contribution in [3.63, 3.8) is 0 Å². The Morgan fingerprint density at radius 2 is 2.00 bits per heavy atom. The van der Waals surface area contributed by atoms with E-state index in [2.05, 4.69) is 36.1 Å². The van der Waals surface area contributed by atoms with E-state index in [0.29, 0.717) is 5.92 Å². The summed E-state index contributed by atoms with van der Waals surface area (Å²) in [5.74, 6) is 1.61. The maximum atomic E-state index is 5.10. The van der Waals surface area contributed by atoms with Crippen LogP contribution >= 0.6 is 11.3 Å². The Bertz CT molecular complexity index is 929. The maximum Gasteiger partial charge on any atom is 0.147 e. The molecule has 0 aliphatic heterocycles. The Morgan fingerprint density at radius 1 is 1.15 bits per heavy atom. The van der Waals surface area contributed by atoms with Crippen LogP contribution in [0.25, 0.3) is 20.4 Å². The fourth-order valence-electron chi connectivity index (χ4n) is 4.04. The molecule has 26 heavy (non-hydrogen) atoms. The second-order valence-electron chi connectivity index (χ2n) is 7.78. The molecule has 0 aromatic carbocycles. The van der Waals surface area contributed by atoms with Gasteiger partial charge in [0.25, 0.3) is 0 Å². The van der Waals surface area contributed by atoms with E-state index in [0.717, 1.165) is 35.6 Å². The van der Waals surface area contributed by atoms with Gasteiger partial charge in [-0.25, -0.2) is 15.0 Å². The highest BCUT2D eigenvalue weighted by molar-refractivity contribution is 7.26. The summed E-state index contributed by atoms with van der Waals surface area (Å²) in [4.78, 5) is 15.4. The Hall–Kier alpha value is -1.75. The summed E-state index contributed by atoms with van der Waals surface area (Å²) >= 11 is 1.76. The van der Waals surface area contributed by atoms with E-state index in [4.69, 9.17) is 4.98 Å². The monoisotopic (exact) mass is 368 g/mol. The molecule has 0 bridgehead atoms. The molecule has 0 amide bonds.